The van der Waals surface area contributed by atoms with Crippen LogP contribution in [0, 0.1) is 0 Å². The number of ether oxygens (including phenoxy) is 2. The molecule has 1 N–H and O–H groups in total. The van der Waals surface area contributed by atoms with Gasteiger partial charge in [-0.15, -0.1) is 0 Å². The van der Waals surface area contributed by atoms with Crippen LogP contribution in [0.2, 0.25) is 0 Å². The summed E-state index contributed by atoms with van der Waals surface area (Å²) in [5.74, 6) is -2.23. The zero-order valence-corrected chi connectivity index (χ0v) is 21.7. The van der Waals surface area contributed by atoms with E-state index in [1.54, 1.807) is 26.2 Å². The lowest BCUT2D eigenvalue weighted by Crippen LogP contribution is -2.34. The molecule has 0 saturated carbocycles. The van der Waals surface area contributed by atoms with Gasteiger partial charge in [-0.25, -0.2) is 0 Å². The van der Waals surface area contributed by atoms with E-state index >= 15 is 0 Å². The maximum Gasteiger partial charge on any atom is 0.319 e. The normalized spacial score (nSPS) is 12.2. The summed E-state index contributed by atoms with van der Waals surface area (Å²) in [5.41, 5.74) is 1.69. The molecule has 0 spiro atoms. The SMILES string of the molecule is COC(=O)CN(C)CC(=O)Cc1ccc2c(c1)C(=O)c1ccc(NC(=O)CN(C)CC(=O)OC)cc1C2=O. The highest BCUT2D eigenvalue weighted by Crippen LogP contribution is 2.30. The zero-order chi connectivity index (χ0) is 28.0. The number of hydrogen-bond donors (Lipinski definition) is 1. The Morgan fingerprint density at radius 1 is 0.711 bits per heavy atom. The van der Waals surface area contributed by atoms with Crippen molar-refractivity contribution >= 4 is 40.9 Å². The number of nitrogens with one attached hydrogen (secondary N) is 1. The first-order chi connectivity index (χ1) is 18.0. The second-order valence-corrected chi connectivity index (χ2v) is 9.06. The van der Waals surface area contributed by atoms with Crippen LogP contribution in [0.5, 0.6) is 0 Å². The van der Waals surface area contributed by atoms with Crippen LogP contribution in [0.3, 0.4) is 0 Å². The number of carbonyl (C=O) groups excluding carboxylic acids is 6. The Morgan fingerprint density at radius 2 is 1.24 bits per heavy atom. The molecule has 0 bridgehead atoms. The number of Topliss-reactive ketones (excluding diaryl/α,β-unsaturated/α-hetero) is 1. The minimum absolute atomic E-state index is 0.0227. The third-order valence-electron chi connectivity index (χ3n) is 5.88. The summed E-state index contributed by atoms with van der Waals surface area (Å²) in [5, 5.41) is 2.67. The van der Waals surface area contributed by atoms with Crippen LogP contribution in [0.4, 0.5) is 5.69 Å². The summed E-state index contributed by atoms with van der Waals surface area (Å²) in [6.45, 7) is -0.144. The van der Waals surface area contributed by atoms with Gasteiger partial charge in [-0.2, -0.15) is 0 Å². The smallest absolute Gasteiger partial charge is 0.319 e. The van der Waals surface area contributed by atoms with Gasteiger partial charge in [-0.05, 0) is 43.9 Å². The minimum atomic E-state index is -0.477. The molecule has 200 valence electrons. The molecule has 0 unspecified atom stereocenters. The molecule has 2 aromatic rings. The molecule has 0 heterocycles. The van der Waals surface area contributed by atoms with Crippen molar-refractivity contribution in [2.24, 2.45) is 0 Å². The fourth-order valence-electron chi connectivity index (χ4n) is 4.10. The first kappa shape index (κ1) is 28.4. The first-order valence-corrected chi connectivity index (χ1v) is 11.7. The molecule has 1 aliphatic carbocycles. The summed E-state index contributed by atoms with van der Waals surface area (Å²) in [6.07, 6.45) is 0.0303. The van der Waals surface area contributed by atoms with Gasteiger partial charge in [-0.3, -0.25) is 38.6 Å². The predicted octanol–water partition coefficient (Wildman–Crippen LogP) is 0.722. The highest BCUT2D eigenvalue weighted by molar-refractivity contribution is 6.28. The number of esters is 2. The Hall–Kier alpha value is -4.22. The van der Waals surface area contributed by atoms with Crippen molar-refractivity contribution in [2.75, 3.05) is 59.8 Å². The average molecular weight is 524 g/mol. The van der Waals surface area contributed by atoms with Gasteiger partial charge < -0.3 is 14.8 Å². The fourth-order valence-corrected chi connectivity index (χ4v) is 4.10. The standard InChI is InChI=1S/C27H29N3O8/c1-29(14-24(33)37-3)12-18(31)9-16-5-7-19-21(10-16)26(35)20-8-6-17(11-22(20)27(19)36)28-23(32)13-30(2)15-25(34)38-4/h5-8,10-11H,9,12-15H2,1-4H3,(H,28,32). The molecule has 2 aromatic carbocycles. The maximum absolute atomic E-state index is 13.2. The van der Waals surface area contributed by atoms with E-state index in [0.717, 1.165) is 0 Å². The second-order valence-electron chi connectivity index (χ2n) is 9.06. The number of ketones is 3. The molecule has 3 rings (SSSR count). The number of fused-ring (bicyclic) bond motifs is 2. The number of hydrogen-bond acceptors (Lipinski definition) is 10. The summed E-state index contributed by atoms with van der Waals surface area (Å²) >= 11 is 0. The third kappa shape index (κ3) is 6.96. The molecular formula is C27H29N3O8. The molecule has 0 radical (unpaired) electrons. The molecular weight excluding hydrogens is 494 g/mol. The Bertz CT molecular complexity index is 1200. The fraction of sp³-hybridized carbons (Fsp3) is 0.333. The molecule has 38 heavy (non-hydrogen) atoms. The number of methoxy groups -OCH3 is 2. The monoisotopic (exact) mass is 523 g/mol. The molecule has 0 aromatic heterocycles. The van der Waals surface area contributed by atoms with Gasteiger partial charge in [0, 0.05) is 34.4 Å². The minimum Gasteiger partial charge on any atom is -0.468 e. The van der Waals surface area contributed by atoms with Gasteiger partial charge >= 0.3 is 11.9 Å². The zero-order valence-electron chi connectivity index (χ0n) is 21.7. The summed E-state index contributed by atoms with van der Waals surface area (Å²) in [6, 6.07) is 9.14. The third-order valence-corrected chi connectivity index (χ3v) is 5.88. The summed E-state index contributed by atoms with van der Waals surface area (Å²) < 4.78 is 9.17. The molecule has 0 aliphatic heterocycles. The lowest BCUT2D eigenvalue weighted by molar-refractivity contribution is -0.142. The predicted molar refractivity (Wildman–Crippen MR) is 136 cm³/mol. The average Bonchev–Trinajstić information content (AvgIpc) is 2.86. The van der Waals surface area contributed by atoms with Crippen molar-refractivity contribution in [3.05, 3.63) is 64.2 Å². The Kier molecular flexibility index (Phi) is 9.21. The van der Waals surface area contributed by atoms with Crippen molar-refractivity contribution in [3.63, 3.8) is 0 Å². The van der Waals surface area contributed by atoms with E-state index in [2.05, 4.69) is 14.8 Å². The van der Waals surface area contributed by atoms with E-state index in [1.807, 2.05) is 0 Å². The molecule has 11 heteroatoms. The first-order valence-electron chi connectivity index (χ1n) is 11.7. The van der Waals surface area contributed by atoms with Gasteiger partial charge in [0.2, 0.25) is 5.91 Å². The Balaban J connectivity index is 1.71. The van der Waals surface area contributed by atoms with Crippen LogP contribution < -0.4 is 5.32 Å². The van der Waals surface area contributed by atoms with E-state index in [-0.39, 0.29) is 72.2 Å². The van der Waals surface area contributed by atoms with Gasteiger partial charge in [0.25, 0.3) is 0 Å². The highest BCUT2D eigenvalue weighted by atomic mass is 16.5. The van der Waals surface area contributed by atoms with Crippen LogP contribution in [0.25, 0.3) is 0 Å². The van der Waals surface area contributed by atoms with E-state index in [1.165, 1.54) is 48.3 Å². The number of anilines is 1. The number of likely N-dealkylation sites (N-methyl/N-ethyl adjacent to an activating group) is 2. The largest absolute Gasteiger partial charge is 0.468 e. The van der Waals surface area contributed by atoms with E-state index in [0.29, 0.717) is 11.3 Å². The van der Waals surface area contributed by atoms with Crippen molar-refractivity contribution in [1.82, 2.24) is 9.80 Å². The lowest BCUT2D eigenvalue weighted by Gasteiger charge is -2.20. The number of carbonyl (C=O) groups is 6. The quantitative estimate of drug-likeness (QED) is 0.358. The number of benzene rings is 2. The van der Waals surface area contributed by atoms with Crippen molar-refractivity contribution in [1.29, 1.82) is 0 Å². The number of amides is 1. The van der Waals surface area contributed by atoms with E-state index in [4.69, 9.17) is 0 Å². The van der Waals surface area contributed by atoms with Gasteiger partial charge in [0.15, 0.2) is 17.3 Å². The number of nitrogens with zero attached hydrogens (tertiary/aromatic N) is 2. The van der Waals surface area contributed by atoms with E-state index in [9.17, 15) is 28.8 Å². The summed E-state index contributed by atoms with van der Waals surface area (Å²) in [7, 11) is 5.74. The maximum atomic E-state index is 13.2. The lowest BCUT2D eigenvalue weighted by atomic mass is 9.82. The van der Waals surface area contributed by atoms with Crippen molar-refractivity contribution in [2.45, 2.75) is 6.42 Å². The molecule has 1 aliphatic rings. The highest BCUT2D eigenvalue weighted by Gasteiger charge is 2.30. The van der Waals surface area contributed by atoms with Crippen LogP contribution in [-0.2, 0) is 35.1 Å². The second kappa shape index (κ2) is 12.3. The Morgan fingerprint density at radius 3 is 1.82 bits per heavy atom. The molecule has 11 nitrogen and oxygen atoms in total. The topological polar surface area (TPSA) is 139 Å². The van der Waals surface area contributed by atoms with Crippen LogP contribution in [0.1, 0.15) is 37.4 Å². The van der Waals surface area contributed by atoms with Gasteiger partial charge in [-0.1, -0.05) is 12.1 Å². The molecule has 0 atom stereocenters. The van der Waals surface area contributed by atoms with Crippen molar-refractivity contribution in [3.8, 4) is 0 Å². The van der Waals surface area contributed by atoms with Crippen molar-refractivity contribution < 1.29 is 38.2 Å². The van der Waals surface area contributed by atoms with Gasteiger partial charge in [0.1, 0.15) is 0 Å². The van der Waals surface area contributed by atoms with Crippen LogP contribution in [-0.4, -0.2) is 99.5 Å². The van der Waals surface area contributed by atoms with Crippen LogP contribution in [0.15, 0.2) is 36.4 Å². The summed E-state index contributed by atoms with van der Waals surface area (Å²) in [4.78, 5) is 76.9. The Labute approximate surface area is 219 Å². The van der Waals surface area contributed by atoms with Gasteiger partial charge in [0.05, 0.1) is 40.4 Å². The molecule has 0 saturated heterocycles. The molecule has 0 fully saturated rings. The molecule has 1 amide bonds. The number of rotatable bonds is 11. The van der Waals surface area contributed by atoms with E-state index < -0.39 is 17.8 Å². The van der Waals surface area contributed by atoms with Crippen LogP contribution >= 0.6 is 0 Å².